The minimum absolute atomic E-state index is 0.128. The number of carbonyl (C=O) groups excluding carboxylic acids is 1. The van der Waals surface area contributed by atoms with Gasteiger partial charge in [0.25, 0.3) is 5.91 Å². The van der Waals surface area contributed by atoms with Crippen molar-refractivity contribution in [3.63, 3.8) is 0 Å². The third-order valence-corrected chi connectivity index (χ3v) is 3.63. The highest BCUT2D eigenvalue weighted by atomic mass is 16.1. The molecule has 1 heterocycles. The smallest absolute Gasteiger partial charge is 0.254 e. The lowest BCUT2D eigenvalue weighted by Crippen LogP contribution is -2.54. The molecule has 0 saturated heterocycles. The Labute approximate surface area is 115 Å². The quantitative estimate of drug-likeness (QED) is 0.872. The maximum atomic E-state index is 12.2. The number of aromatic nitrogens is 2. The lowest BCUT2D eigenvalue weighted by atomic mass is 9.88. The van der Waals surface area contributed by atoms with Crippen molar-refractivity contribution in [2.45, 2.75) is 52.6 Å². The lowest BCUT2D eigenvalue weighted by Gasteiger charge is -2.33. The monoisotopic (exact) mass is 266 g/mol. The summed E-state index contributed by atoms with van der Waals surface area (Å²) in [5.74, 6) is 0.135. The number of nitrogens with one attached hydrogen (secondary N) is 1. The zero-order valence-corrected chi connectivity index (χ0v) is 12.8. The molecule has 0 bridgehead atoms. The van der Waals surface area contributed by atoms with Crippen LogP contribution in [0.4, 0.5) is 0 Å². The van der Waals surface area contributed by atoms with E-state index in [1.54, 1.807) is 17.1 Å². The van der Waals surface area contributed by atoms with Gasteiger partial charge in [-0.2, -0.15) is 5.10 Å². The average Bonchev–Trinajstić information content (AvgIpc) is 2.77. The molecule has 5 nitrogen and oxygen atoms in total. The lowest BCUT2D eigenvalue weighted by molar-refractivity contribution is 0.0883. The number of carbonyl (C=O) groups is 1. The van der Waals surface area contributed by atoms with E-state index < -0.39 is 5.54 Å². The molecule has 1 aromatic heterocycles. The Morgan fingerprint density at radius 1 is 1.42 bits per heavy atom. The van der Waals surface area contributed by atoms with Gasteiger partial charge in [-0.3, -0.25) is 9.48 Å². The molecule has 0 aliphatic heterocycles. The zero-order valence-electron chi connectivity index (χ0n) is 12.8. The molecular formula is C14H26N4O. The van der Waals surface area contributed by atoms with Gasteiger partial charge in [-0.15, -0.1) is 0 Å². The van der Waals surface area contributed by atoms with E-state index in [0.29, 0.717) is 12.1 Å². The minimum atomic E-state index is -0.402. The fourth-order valence-corrected chi connectivity index (χ4v) is 1.57. The molecule has 0 saturated carbocycles. The van der Waals surface area contributed by atoms with E-state index in [1.807, 2.05) is 41.5 Å². The van der Waals surface area contributed by atoms with Crippen LogP contribution in [0.2, 0.25) is 0 Å². The third kappa shape index (κ3) is 3.56. The normalized spacial score (nSPS) is 15.4. The number of hydrogen-bond donors (Lipinski definition) is 2. The Balaban J connectivity index is 2.87. The van der Waals surface area contributed by atoms with Crippen molar-refractivity contribution in [3.8, 4) is 0 Å². The molecule has 1 rings (SSSR count). The van der Waals surface area contributed by atoms with Gasteiger partial charge in [0.15, 0.2) is 0 Å². The van der Waals surface area contributed by atoms with Crippen LogP contribution < -0.4 is 11.1 Å². The van der Waals surface area contributed by atoms with Crippen LogP contribution in [0.1, 0.15) is 51.9 Å². The first-order chi connectivity index (χ1) is 8.60. The number of amides is 1. The predicted molar refractivity (Wildman–Crippen MR) is 77.0 cm³/mol. The van der Waals surface area contributed by atoms with Crippen molar-refractivity contribution in [1.29, 1.82) is 0 Å². The Bertz CT molecular complexity index is 445. The summed E-state index contributed by atoms with van der Waals surface area (Å²) in [5, 5.41) is 7.24. The molecule has 1 amide bonds. The van der Waals surface area contributed by atoms with Gasteiger partial charge >= 0.3 is 0 Å². The van der Waals surface area contributed by atoms with E-state index in [4.69, 9.17) is 5.73 Å². The Morgan fingerprint density at radius 3 is 2.37 bits per heavy atom. The second-order valence-corrected chi connectivity index (χ2v) is 6.57. The molecule has 1 unspecified atom stereocenters. The number of rotatable bonds is 4. The molecule has 3 N–H and O–H groups in total. The van der Waals surface area contributed by atoms with Gasteiger partial charge in [-0.1, -0.05) is 13.8 Å². The van der Waals surface area contributed by atoms with Crippen LogP contribution in [0.25, 0.3) is 0 Å². The summed E-state index contributed by atoms with van der Waals surface area (Å²) in [4.78, 5) is 12.2. The van der Waals surface area contributed by atoms with Crippen LogP contribution >= 0.6 is 0 Å². The SMILES string of the molecule is CC(C)C(C)(CN)NC(=O)c1cnn(C(C)(C)C)c1. The van der Waals surface area contributed by atoms with Crippen molar-refractivity contribution < 1.29 is 4.79 Å². The Morgan fingerprint density at radius 2 is 2.00 bits per heavy atom. The highest BCUT2D eigenvalue weighted by Gasteiger charge is 2.29. The number of nitrogens with zero attached hydrogens (tertiary/aromatic N) is 2. The first-order valence-electron chi connectivity index (χ1n) is 6.68. The van der Waals surface area contributed by atoms with Crippen LogP contribution in [0, 0.1) is 5.92 Å². The molecule has 5 heteroatoms. The van der Waals surface area contributed by atoms with E-state index >= 15 is 0 Å². The molecule has 0 aliphatic carbocycles. The van der Waals surface area contributed by atoms with Gasteiger partial charge < -0.3 is 11.1 Å². The highest BCUT2D eigenvalue weighted by molar-refractivity contribution is 5.94. The third-order valence-electron chi connectivity index (χ3n) is 3.63. The molecule has 0 aromatic carbocycles. The van der Waals surface area contributed by atoms with Crippen LogP contribution in [-0.4, -0.2) is 27.8 Å². The second kappa shape index (κ2) is 5.33. The van der Waals surface area contributed by atoms with Crippen molar-refractivity contribution >= 4 is 5.91 Å². The van der Waals surface area contributed by atoms with E-state index in [1.165, 1.54) is 0 Å². The summed E-state index contributed by atoms with van der Waals surface area (Å²) in [6, 6.07) is 0. The van der Waals surface area contributed by atoms with Gasteiger partial charge in [-0.05, 0) is 33.6 Å². The molecule has 108 valence electrons. The first-order valence-corrected chi connectivity index (χ1v) is 6.68. The topological polar surface area (TPSA) is 72.9 Å². The van der Waals surface area contributed by atoms with Crippen molar-refractivity contribution in [2.24, 2.45) is 11.7 Å². The zero-order chi connectivity index (χ0) is 14.8. The van der Waals surface area contributed by atoms with Crippen LogP contribution in [-0.2, 0) is 5.54 Å². The second-order valence-electron chi connectivity index (χ2n) is 6.57. The summed E-state index contributed by atoms with van der Waals surface area (Å²) in [7, 11) is 0. The van der Waals surface area contributed by atoms with Gasteiger partial charge in [0.1, 0.15) is 0 Å². The number of hydrogen-bond acceptors (Lipinski definition) is 3. The van der Waals surface area contributed by atoms with E-state index in [-0.39, 0.29) is 17.4 Å². The largest absolute Gasteiger partial charge is 0.345 e. The van der Waals surface area contributed by atoms with Crippen molar-refractivity contribution in [2.75, 3.05) is 6.54 Å². The van der Waals surface area contributed by atoms with Crippen LogP contribution in [0.3, 0.4) is 0 Å². The van der Waals surface area contributed by atoms with E-state index in [0.717, 1.165) is 0 Å². The van der Waals surface area contributed by atoms with E-state index in [9.17, 15) is 4.79 Å². The molecule has 1 aromatic rings. The van der Waals surface area contributed by atoms with Crippen LogP contribution in [0.15, 0.2) is 12.4 Å². The van der Waals surface area contributed by atoms with Crippen molar-refractivity contribution in [1.82, 2.24) is 15.1 Å². The maximum absolute atomic E-state index is 12.2. The first kappa shape index (κ1) is 15.7. The maximum Gasteiger partial charge on any atom is 0.254 e. The van der Waals surface area contributed by atoms with Gasteiger partial charge in [0, 0.05) is 12.7 Å². The predicted octanol–water partition coefficient (Wildman–Crippen LogP) is 1.74. The molecule has 0 radical (unpaired) electrons. The molecule has 19 heavy (non-hydrogen) atoms. The highest BCUT2D eigenvalue weighted by Crippen LogP contribution is 2.17. The summed E-state index contributed by atoms with van der Waals surface area (Å²) in [6.07, 6.45) is 3.37. The summed E-state index contributed by atoms with van der Waals surface area (Å²) in [6.45, 7) is 12.6. The van der Waals surface area contributed by atoms with Gasteiger partial charge in [0.05, 0.1) is 22.8 Å². The fraction of sp³-hybridized carbons (Fsp3) is 0.714. The number of nitrogens with two attached hydrogens (primary N) is 1. The summed E-state index contributed by atoms with van der Waals surface area (Å²) < 4.78 is 1.79. The summed E-state index contributed by atoms with van der Waals surface area (Å²) in [5.41, 5.74) is 5.81. The van der Waals surface area contributed by atoms with E-state index in [2.05, 4.69) is 10.4 Å². The molecule has 0 aliphatic rings. The molecule has 0 fully saturated rings. The van der Waals surface area contributed by atoms with Gasteiger partial charge in [-0.25, -0.2) is 0 Å². The summed E-state index contributed by atoms with van der Waals surface area (Å²) >= 11 is 0. The minimum Gasteiger partial charge on any atom is -0.345 e. The fourth-order valence-electron chi connectivity index (χ4n) is 1.57. The molecular weight excluding hydrogens is 240 g/mol. The standard InChI is InChI=1S/C14H26N4O/c1-10(2)14(6,9-15)17-12(19)11-7-16-18(8-11)13(3,4)5/h7-8,10H,9,15H2,1-6H3,(H,17,19). The molecule has 1 atom stereocenters. The Kier molecular flexibility index (Phi) is 4.40. The molecule has 0 spiro atoms. The van der Waals surface area contributed by atoms with Crippen molar-refractivity contribution in [3.05, 3.63) is 18.0 Å². The van der Waals surface area contributed by atoms with Crippen LogP contribution in [0.5, 0.6) is 0 Å². The Hall–Kier alpha value is -1.36. The average molecular weight is 266 g/mol. The van der Waals surface area contributed by atoms with Gasteiger partial charge in [0.2, 0.25) is 0 Å².